The van der Waals surface area contributed by atoms with E-state index in [0.29, 0.717) is 11.1 Å². The third-order valence-corrected chi connectivity index (χ3v) is 5.46. The SMILES string of the molecule is CCC(N(NC(=O)c1cccc(C)c1C)C(=O)c1cc(C)cc(C)c1)C(C)(C)C. The average molecular weight is 395 g/mol. The van der Waals surface area contributed by atoms with Crippen LogP contribution in [0.1, 0.15) is 77.1 Å². The number of amides is 2. The highest BCUT2D eigenvalue weighted by Gasteiger charge is 2.34. The zero-order valence-electron chi connectivity index (χ0n) is 19.0. The number of hydrogen-bond acceptors (Lipinski definition) is 2. The Kier molecular flexibility index (Phi) is 6.89. The van der Waals surface area contributed by atoms with Crippen LogP contribution in [0.5, 0.6) is 0 Å². The summed E-state index contributed by atoms with van der Waals surface area (Å²) in [6.07, 6.45) is 0.729. The summed E-state index contributed by atoms with van der Waals surface area (Å²) < 4.78 is 0. The van der Waals surface area contributed by atoms with E-state index in [0.717, 1.165) is 28.7 Å². The van der Waals surface area contributed by atoms with E-state index in [2.05, 4.69) is 26.2 Å². The maximum Gasteiger partial charge on any atom is 0.272 e. The number of benzene rings is 2. The van der Waals surface area contributed by atoms with Gasteiger partial charge in [0, 0.05) is 11.1 Å². The third kappa shape index (κ3) is 5.26. The second-order valence-electron chi connectivity index (χ2n) is 9.03. The van der Waals surface area contributed by atoms with Gasteiger partial charge in [0.25, 0.3) is 11.8 Å². The maximum absolute atomic E-state index is 13.5. The zero-order chi connectivity index (χ0) is 21.9. The van der Waals surface area contributed by atoms with Crippen LogP contribution in [-0.4, -0.2) is 22.9 Å². The van der Waals surface area contributed by atoms with Gasteiger partial charge in [-0.3, -0.25) is 15.0 Å². The standard InChI is InChI=1S/C25H34N2O2/c1-9-22(25(6,7)8)27(24(29)20-14-16(2)13-17(3)15-20)26-23(28)21-12-10-11-18(4)19(21)5/h10-15,22H,9H2,1-8H3,(H,26,28). The van der Waals surface area contributed by atoms with Gasteiger partial charge in [-0.25, -0.2) is 5.01 Å². The Morgan fingerprint density at radius 2 is 1.59 bits per heavy atom. The molecule has 0 aliphatic carbocycles. The summed E-state index contributed by atoms with van der Waals surface area (Å²) in [6, 6.07) is 11.3. The summed E-state index contributed by atoms with van der Waals surface area (Å²) >= 11 is 0. The molecule has 0 aliphatic rings. The normalized spacial score (nSPS) is 12.4. The Balaban J connectivity index is 2.48. The number of rotatable bonds is 4. The molecule has 2 amide bonds. The summed E-state index contributed by atoms with van der Waals surface area (Å²) in [7, 11) is 0. The lowest BCUT2D eigenvalue weighted by Crippen LogP contribution is -2.56. The largest absolute Gasteiger partial charge is 0.272 e. The van der Waals surface area contributed by atoms with Crippen LogP contribution in [0.25, 0.3) is 0 Å². The highest BCUT2D eigenvalue weighted by atomic mass is 16.2. The number of nitrogens with one attached hydrogen (secondary N) is 1. The molecule has 2 aromatic carbocycles. The summed E-state index contributed by atoms with van der Waals surface area (Å²) in [6.45, 7) is 16.2. The number of hydrazine groups is 1. The van der Waals surface area contributed by atoms with Gasteiger partial charge in [-0.05, 0) is 68.9 Å². The molecule has 2 aromatic rings. The Bertz CT molecular complexity index is 889. The van der Waals surface area contributed by atoms with E-state index in [4.69, 9.17) is 0 Å². The molecule has 29 heavy (non-hydrogen) atoms. The quantitative estimate of drug-likeness (QED) is 0.693. The molecule has 2 rings (SSSR count). The molecular formula is C25H34N2O2. The van der Waals surface area contributed by atoms with Gasteiger partial charge in [-0.2, -0.15) is 0 Å². The van der Waals surface area contributed by atoms with E-state index in [-0.39, 0.29) is 23.3 Å². The van der Waals surface area contributed by atoms with Crippen LogP contribution in [0.3, 0.4) is 0 Å². The molecule has 0 radical (unpaired) electrons. The fourth-order valence-electron chi connectivity index (χ4n) is 3.86. The van der Waals surface area contributed by atoms with Crippen molar-refractivity contribution in [2.75, 3.05) is 0 Å². The van der Waals surface area contributed by atoms with Gasteiger partial charge in [-0.15, -0.1) is 0 Å². The van der Waals surface area contributed by atoms with Crippen LogP contribution in [0.2, 0.25) is 0 Å². The van der Waals surface area contributed by atoms with Crippen molar-refractivity contribution in [2.45, 2.75) is 67.9 Å². The molecule has 0 fully saturated rings. The molecule has 4 heteroatoms. The van der Waals surface area contributed by atoms with E-state index in [1.807, 2.05) is 65.0 Å². The van der Waals surface area contributed by atoms with Gasteiger partial charge < -0.3 is 0 Å². The number of hydrogen-bond donors (Lipinski definition) is 1. The first kappa shape index (κ1) is 22.7. The van der Waals surface area contributed by atoms with Crippen molar-refractivity contribution in [2.24, 2.45) is 5.41 Å². The number of carbonyl (C=O) groups is 2. The summed E-state index contributed by atoms with van der Waals surface area (Å²) in [5.74, 6) is -0.441. The molecule has 0 aromatic heterocycles. The summed E-state index contributed by atoms with van der Waals surface area (Å²) in [4.78, 5) is 26.7. The minimum atomic E-state index is -0.258. The fraction of sp³-hybridized carbons (Fsp3) is 0.440. The second kappa shape index (κ2) is 8.81. The van der Waals surface area contributed by atoms with Crippen LogP contribution >= 0.6 is 0 Å². The molecule has 0 saturated heterocycles. The maximum atomic E-state index is 13.5. The molecule has 156 valence electrons. The number of nitrogens with zero attached hydrogens (tertiary/aromatic N) is 1. The predicted octanol–water partition coefficient (Wildman–Crippen LogP) is 5.53. The van der Waals surface area contributed by atoms with Crippen molar-refractivity contribution in [1.82, 2.24) is 10.4 Å². The summed E-state index contributed by atoms with van der Waals surface area (Å²) in [5, 5.41) is 1.54. The van der Waals surface area contributed by atoms with Crippen LogP contribution in [0.15, 0.2) is 36.4 Å². The lowest BCUT2D eigenvalue weighted by molar-refractivity contribution is 0.0284. The lowest BCUT2D eigenvalue weighted by Gasteiger charge is -2.39. The second-order valence-corrected chi connectivity index (χ2v) is 9.03. The minimum Gasteiger partial charge on any atom is -0.267 e. The van der Waals surface area contributed by atoms with E-state index >= 15 is 0 Å². The predicted molar refractivity (Wildman–Crippen MR) is 119 cm³/mol. The van der Waals surface area contributed by atoms with Gasteiger partial charge in [0.1, 0.15) is 0 Å². The van der Waals surface area contributed by atoms with Gasteiger partial charge in [-0.1, -0.05) is 57.0 Å². The van der Waals surface area contributed by atoms with Gasteiger partial charge in [0.15, 0.2) is 0 Å². The first-order valence-electron chi connectivity index (χ1n) is 10.2. The Morgan fingerprint density at radius 3 is 2.10 bits per heavy atom. The molecule has 0 aliphatic heterocycles. The molecular weight excluding hydrogens is 360 g/mol. The van der Waals surface area contributed by atoms with Crippen molar-refractivity contribution >= 4 is 11.8 Å². The Hall–Kier alpha value is -2.62. The van der Waals surface area contributed by atoms with Gasteiger partial charge >= 0.3 is 0 Å². The first-order chi connectivity index (χ1) is 13.5. The molecule has 0 saturated carbocycles. The third-order valence-electron chi connectivity index (χ3n) is 5.46. The topological polar surface area (TPSA) is 49.4 Å². The van der Waals surface area contributed by atoms with Crippen molar-refractivity contribution in [3.63, 3.8) is 0 Å². The molecule has 0 bridgehead atoms. The van der Waals surface area contributed by atoms with Crippen LogP contribution in [-0.2, 0) is 0 Å². The van der Waals surface area contributed by atoms with E-state index in [1.54, 1.807) is 6.07 Å². The van der Waals surface area contributed by atoms with E-state index in [1.165, 1.54) is 5.01 Å². The van der Waals surface area contributed by atoms with Crippen molar-refractivity contribution in [3.8, 4) is 0 Å². The summed E-state index contributed by atoms with van der Waals surface area (Å²) in [5.41, 5.74) is 7.95. The molecule has 0 spiro atoms. The van der Waals surface area contributed by atoms with Crippen LogP contribution in [0, 0.1) is 33.1 Å². The molecule has 1 unspecified atom stereocenters. The van der Waals surface area contributed by atoms with Crippen LogP contribution in [0.4, 0.5) is 0 Å². The zero-order valence-corrected chi connectivity index (χ0v) is 19.0. The van der Waals surface area contributed by atoms with Crippen molar-refractivity contribution in [3.05, 3.63) is 69.8 Å². The first-order valence-corrected chi connectivity index (χ1v) is 10.2. The smallest absolute Gasteiger partial charge is 0.267 e. The van der Waals surface area contributed by atoms with Gasteiger partial charge in [0.2, 0.25) is 0 Å². The Morgan fingerprint density at radius 1 is 1.00 bits per heavy atom. The minimum absolute atomic E-state index is 0.148. The highest BCUT2D eigenvalue weighted by Crippen LogP contribution is 2.28. The molecule has 1 N–H and O–H groups in total. The van der Waals surface area contributed by atoms with Gasteiger partial charge in [0.05, 0.1) is 6.04 Å². The van der Waals surface area contributed by atoms with Crippen LogP contribution < -0.4 is 5.43 Å². The van der Waals surface area contributed by atoms with Crippen molar-refractivity contribution in [1.29, 1.82) is 0 Å². The molecule has 0 heterocycles. The Labute approximate surface area is 175 Å². The monoisotopic (exact) mass is 394 g/mol. The number of carbonyl (C=O) groups excluding carboxylic acids is 2. The fourth-order valence-corrected chi connectivity index (χ4v) is 3.86. The molecule has 4 nitrogen and oxygen atoms in total. The van der Waals surface area contributed by atoms with Crippen molar-refractivity contribution < 1.29 is 9.59 Å². The van der Waals surface area contributed by atoms with E-state index in [9.17, 15) is 9.59 Å². The van der Waals surface area contributed by atoms with E-state index < -0.39 is 0 Å². The highest BCUT2D eigenvalue weighted by molar-refractivity contribution is 6.00. The lowest BCUT2D eigenvalue weighted by atomic mass is 9.84. The number of aryl methyl sites for hydroxylation is 3. The average Bonchev–Trinajstić information content (AvgIpc) is 2.61. The molecule has 1 atom stereocenters.